The molecule has 0 aliphatic rings. The quantitative estimate of drug-likeness (QED) is 0.161. The van der Waals surface area contributed by atoms with Gasteiger partial charge in [0.1, 0.15) is 11.2 Å². The van der Waals surface area contributed by atoms with E-state index in [2.05, 4.69) is 9.97 Å². The van der Waals surface area contributed by atoms with Crippen LogP contribution < -0.4 is 11.3 Å². The number of rotatable bonds is 6. The van der Waals surface area contributed by atoms with Gasteiger partial charge in [0.15, 0.2) is 11.6 Å². The van der Waals surface area contributed by atoms with Gasteiger partial charge in [0.2, 0.25) is 11.5 Å². The monoisotopic (exact) mass is 656 g/mol. The van der Waals surface area contributed by atoms with Crippen LogP contribution in [0.4, 0.5) is 0 Å². The Kier molecular flexibility index (Phi) is 6.49. The lowest BCUT2D eigenvalue weighted by Crippen LogP contribution is -2.08. The van der Waals surface area contributed by atoms with Crippen molar-refractivity contribution in [2.24, 2.45) is 0 Å². The highest BCUT2D eigenvalue weighted by Gasteiger charge is 2.29. The zero-order valence-corrected chi connectivity index (χ0v) is 25.7. The summed E-state index contributed by atoms with van der Waals surface area (Å²) in [5.41, 5.74) is 1.18. The van der Waals surface area contributed by atoms with E-state index < -0.39 is 22.8 Å². The Bertz CT molecular complexity index is 2760. The highest BCUT2D eigenvalue weighted by Crippen LogP contribution is 2.36. The first-order chi connectivity index (χ1) is 24.4. The van der Waals surface area contributed by atoms with Gasteiger partial charge in [-0.2, -0.15) is 0 Å². The number of hydrogen-bond donors (Lipinski definition) is 0. The van der Waals surface area contributed by atoms with E-state index in [4.69, 9.17) is 17.7 Å². The molecular formula is C40H20N2O8. The molecule has 0 aliphatic heterocycles. The molecule has 0 spiro atoms. The van der Waals surface area contributed by atoms with Crippen molar-refractivity contribution in [2.75, 3.05) is 0 Å². The molecule has 10 nitrogen and oxygen atoms in total. The number of carbonyl (C=O) groups excluding carboxylic acids is 2. The number of ketones is 2. The Morgan fingerprint density at radius 2 is 0.780 bits per heavy atom. The number of hydrogen-bond acceptors (Lipinski definition) is 10. The Labute approximate surface area is 279 Å². The first-order valence-corrected chi connectivity index (χ1v) is 15.5. The van der Waals surface area contributed by atoms with Gasteiger partial charge in [-0.25, -0.2) is 19.6 Å². The van der Waals surface area contributed by atoms with E-state index >= 15 is 0 Å². The summed E-state index contributed by atoms with van der Waals surface area (Å²) < 4.78 is 23.2. The number of furan rings is 2. The third-order valence-corrected chi connectivity index (χ3v) is 8.51. The summed E-state index contributed by atoms with van der Waals surface area (Å²) in [7, 11) is 0. The van der Waals surface area contributed by atoms with Gasteiger partial charge in [0.05, 0.1) is 32.9 Å². The van der Waals surface area contributed by atoms with E-state index in [1.54, 1.807) is 97.1 Å². The molecular weight excluding hydrogens is 636 g/mol. The highest BCUT2D eigenvalue weighted by molar-refractivity contribution is 6.21. The van der Waals surface area contributed by atoms with Crippen molar-refractivity contribution in [1.29, 1.82) is 0 Å². The molecule has 5 aromatic carbocycles. The molecule has 0 N–H and O–H groups in total. The zero-order valence-electron chi connectivity index (χ0n) is 25.7. The van der Waals surface area contributed by atoms with E-state index in [0.29, 0.717) is 43.7 Å². The van der Waals surface area contributed by atoms with Crippen LogP contribution in [0.3, 0.4) is 0 Å². The molecule has 0 atom stereocenters. The minimum atomic E-state index is -0.614. The van der Waals surface area contributed by atoms with Gasteiger partial charge in [-0.05, 0) is 36.4 Å². The maximum absolute atomic E-state index is 14.2. The lowest BCUT2D eigenvalue weighted by atomic mass is 9.96. The highest BCUT2D eigenvalue weighted by atomic mass is 16.4. The molecule has 4 aromatic heterocycles. The van der Waals surface area contributed by atoms with Crippen LogP contribution >= 0.6 is 0 Å². The van der Waals surface area contributed by atoms with Crippen molar-refractivity contribution in [1.82, 2.24) is 9.97 Å². The van der Waals surface area contributed by atoms with Crippen molar-refractivity contribution in [2.45, 2.75) is 0 Å². The van der Waals surface area contributed by atoms with Crippen LogP contribution in [0.15, 0.2) is 149 Å². The Balaban J connectivity index is 1.13. The summed E-state index contributed by atoms with van der Waals surface area (Å²) in [6.07, 6.45) is 0. The normalized spacial score (nSPS) is 11.5. The minimum absolute atomic E-state index is 0.0121. The summed E-state index contributed by atoms with van der Waals surface area (Å²) >= 11 is 0. The lowest BCUT2D eigenvalue weighted by Gasteiger charge is -2.06. The molecule has 0 aliphatic carbocycles. The molecule has 0 saturated carbocycles. The maximum atomic E-state index is 14.2. The van der Waals surface area contributed by atoms with Gasteiger partial charge in [-0.1, -0.05) is 84.9 Å². The number of aromatic nitrogens is 2. The van der Waals surface area contributed by atoms with Gasteiger partial charge in [-0.3, -0.25) is 9.59 Å². The van der Waals surface area contributed by atoms with Gasteiger partial charge in [-0.15, -0.1) is 0 Å². The van der Waals surface area contributed by atoms with Crippen LogP contribution in [-0.4, -0.2) is 21.5 Å². The fourth-order valence-corrected chi connectivity index (χ4v) is 6.14. The molecule has 0 unspecified atom stereocenters. The Morgan fingerprint density at radius 3 is 1.20 bits per heavy atom. The molecule has 0 radical (unpaired) electrons. The summed E-state index contributed by atoms with van der Waals surface area (Å²) in [4.78, 5) is 62.9. The van der Waals surface area contributed by atoms with Gasteiger partial charge >= 0.3 is 11.3 Å². The van der Waals surface area contributed by atoms with E-state index in [-0.39, 0.29) is 45.6 Å². The van der Waals surface area contributed by atoms with Crippen LogP contribution in [0.1, 0.15) is 31.8 Å². The molecule has 238 valence electrons. The molecule has 50 heavy (non-hydrogen) atoms. The largest absolute Gasteiger partial charge is 0.450 e. The van der Waals surface area contributed by atoms with Crippen molar-refractivity contribution >= 4 is 55.3 Å². The van der Waals surface area contributed by atoms with Crippen molar-refractivity contribution in [3.63, 3.8) is 0 Å². The summed E-state index contributed by atoms with van der Waals surface area (Å²) in [6, 6.07) is 33.5. The third-order valence-electron chi connectivity index (χ3n) is 8.51. The second kappa shape index (κ2) is 11.2. The predicted molar refractivity (Wildman–Crippen MR) is 184 cm³/mol. The Morgan fingerprint density at radius 1 is 0.420 bits per heavy atom. The topological polar surface area (TPSA) is 147 Å². The standard InChI is InChI=1S/C40H20N2O8/c43-33(31-25-11-3-7-15-29(25)47-35(31)37-41-27-13-5-1-9-23(27)39(45)49-37)21-17-19-22(20-18-21)34(44)32-26-12-4-8-16-30(26)48-36(32)38-42-28-14-6-2-10-24(28)40(46)50-38/h1-20H. The van der Waals surface area contributed by atoms with Crippen LogP contribution in [0.2, 0.25) is 0 Å². The van der Waals surface area contributed by atoms with Crippen LogP contribution in [0.5, 0.6) is 0 Å². The zero-order chi connectivity index (χ0) is 33.9. The smallest absolute Gasteiger partial charge is 0.347 e. The van der Waals surface area contributed by atoms with E-state index in [1.165, 1.54) is 24.3 Å². The molecule has 0 amide bonds. The summed E-state index contributed by atoms with van der Waals surface area (Å²) in [5, 5.41) is 1.61. The fraction of sp³-hybridized carbons (Fsp3) is 0. The molecule has 9 aromatic rings. The number of nitrogens with zero attached hydrogens (tertiary/aromatic N) is 2. The summed E-state index contributed by atoms with van der Waals surface area (Å²) in [5.74, 6) is -1.10. The predicted octanol–water partition coefficient (Wildman–Crippen LogP) is 7.98. The van der Waals surface area contributed by atoms with E-state index in [1.807, 2.05) is 0 Å². The summed E-state index contributed by atoms with van der Waals surface area (Å²) in [6.45, 7) is 0. The van der Waals surface area contributed by atoms with Crippen molar-refractivity contribution < 1.29 is 27.3 Å². The van der Waals surface area contributed by atoms with Crippen LogP contribution in [0.25, 0.3) is 67.0 Å². The number of carbonyl (C=O) groups is 2. The number of fused-ring (bicyclic) bond motifs is 4. The fourth-order valence-electron chi connectivity index (χ4n) is 6.14. The van der Waals surface area contributed by atoms with Gasteiger partial charge in [0.25, 0.3) is 11.8 Å². The van der Waals surface area contributed by atoms with E-state index in [9.17, 15) is 19.2 Å². The second-order valence-electron chi connectivity index (χ2n) is 11.5. The van der Waals surface area contributed by atoms with Crippen LogP contribution in [-0.2, 0) is 0 Å². The second-order valence-corrected chi connectivity index (χ2v) is 11.5. The Hall–Kier alpha value is -7.20. The minimum Gasteiger partial charge on any atom is -0.450 e. The number of benzene rings is 5. The van der Waals surface area contributed by atoms with E-state index in [0.717, 1.165) is 0 Å². The molecule has 0 bridgehead atoms. The molecule has 0 saturated heterocycles. The maximum Gasteiger partial charge on any atom is 0.347 e. The number of para-hydroxylation sites is 4. The first kappa shape index (κ1) is 29.0. The van der Waals surface area contributed by atoms with Gasteiger partial charge in [0, 0.05) is 21.9 Å². The average Bonchev–Trinajstić information content (AvgIpc) is 3.74. The third kappa shape index (κ3) is 4.58. The first-order valence-electron chi connectivity index (χ1n) is 15.5. The SMILES string of the molecule is O=C(c1ccc(C(=O)c2c(-c3nc4ccccc4c(=O)o3)oc3ccccc23)cc1)c1c(-c2nc3ccccc3c(=O)o2)oc2ccccc12. The molecule has 0 fully saturated rings. The molecule has 4 heterocycles. The lowest BCUT2D eigenvalue weighted by molar-refractivity contribution is 0.102. The molecule has 10 heteroatoms. The molecule has 9 rings (SSSR count). The van der Waals surface area contributed by atoms with Crippen molar-refractivity contribution in [3.05, 3.63) is 164 Å². The average molecular weight is 657 g/mol. The van der Waals surface area contributed by atoms with Crippen molar-refractivity contribution in [3.8, 4) is 23.3 Å². The van der Waals surface area contributed by atoms with Gasteiger partial charge < -0.3 is 17.7 Å². The van der Waals surface area contributed by atoms with Crippen LogP contribution in [0, 0.1) is 0 Å².